The molecular formula is C38H50FN3O2. The highest BCUT2D eigenvalue weighted by Crippen LogP contribution is 2.49. The van der Waals surface area contributed by atoms with Crippen LogP contribution in [0.1, 0.15) is 112 Å². The van der Waals surface area contributed by atoms with E-state index in [0.29, 0.717) is 23.7 Å². The van der Waals surface area contributed by atoms with E-state index in [4.69, 9.17) is 5.10 Å². The minimum atomic E-state index is -0.638. The van der Waals surface area contributed by atoms with Crippen molar-refractivity contribution in [3.8, 4) is 0 Å². The van der Waals surface area contributed by atoms with Gasteiger partial charge < -0.3 is 10.0 Å². The Bertz CT molecular complexity index is 1400. The quantitative estimate of drug-likeness (QED) is 0.228. The number of carboxylic acids is 1. The summed E-state index contributed by atoms with van der Waals surface area (Å²) in [6, 6.07) is 18.4. The highest BCUT2D eigenvalue weighted by molar-refractivity contribution is 5.70. The lowest BCUT2D eigenvalue weighted by Gasteiger charge is -2.35. The number of benzene rings is 2. The molecule has 3 aliphatic rings. The van der Waals surface area contributed by atoms with Crippen LogP contribution in [-0.2, 0) is 17.8 Å². The Hall–Kier alpha value is -2.99. The normalized spacial score (nSPS) is 23.8. The Balaban J connectivity index is 1.10. The van der Waals surface area contributed by atoms with E-state index in [0.717, 1.165) is 76.0 Å². The Kier molecular flexibility index (Phi) is 9.56. The second kappa shape index (κ2) is 13.6. The lowest BCUT2D eigenvalue weighted by molar-refractivity contribution is -0.144. The van der Waals surface area contributed by atoms with Crippen LogP contribution in [0.15, 0.2) is 54.6 Å². The van der Waals surface area contributed by atoms with Crippen LogP contribution in [0.25, 0.3) is 0 Å². The summed E-state index contributed by atoms with van der Waals surface area (Å²) in [7, 11) is 0. The molecule has 1 saturated heterocycles. The molecule has 2 aliphatic carbocycles. The molecule has 44 heavy (non-hydrogen) atoms. The van der Waals surface area contributed by atoms with Crippen molar-refractivity contribution in [2.45, 2.75) is 96.4 Å². The highest BCUT2D eigenvalue weighted by atomic mass is 19.1. The minimum absolute atomic E-state index is 0.169. The SMILES string of the molecule is CCn1nc(Cc2ccc(C(C)C)cc2)cc1C1CCN(CC2CC([C@H](CC3CC3)C(=O)O)CC2c2cccc(F)c2)CC1. The first kappa shape index (κ1) is 31.0. The Morgan fingerprint density at radius 1 is 1.02 bits per heavy atom. The second-order valence-electron chi connectivity index (χ2n) is 14.3. The third kappa shape index (κ3) is 7.28. The molecule has 0 radical (unpaired) electrons. The van der Waals surface area contributed by atoms with Crippen LogP contribution >= 0.6 is 0 Å². The topological polar surface area (TPSA) is 58.4 Å². The first-order valence-electron chi connectivity index (χ1n) is 17.1. The molecule has 0 bridgehead atoms. The number of rotatable bonds is 12. The van der Waals surface area contributed by atoms with E-state index in [9.17, 15) is 14.3 Å². The van der Waals surface area contributed by atoms with E-state index >= 15 is 0 Å². The number of carbonyl (C=O) groups is 1. The molecule has 0 amide bonds. The predicted molar refractivity (Wildman–Crippen MR) is 173 cm³/mol. The highest BCUT2D eigenvalue weighted by Gasteiger charge is 2.43. The number of aliphatic carboxylic acids is 1. The summed E-state index contributed by atoms with van der Waals surface area (Å²) in [4.78, 5) is 14.9. The smallest absolute Gasteiger partial charge is 0.306 e. The molecule has 6 heteroatoms. The van der Waals surface area contributed by atoms with Gasteiger partial charge in [0.2, 0.25) is 0 Å². The van der Waals surface area contributed by atoms with Gasteiger partial charge in [0.15, 0.2) is 0 Å². The molecule has 4 atom stereocenters. The van der Waals surface area contributed by atoms with Crippen LogP contribution in [0, 0.1) is 29.5 Å². The Labute approximate surface area is 262 Å². The van der Waals surface area contributed by atoms with Crippen LogP contribution in [0.5, 0.6) is 0 Å². The van der Waals surface area contributed by atoms with Crippen LogP contribution in [0.3, 0.4) is 0 Å². The number of carboxylic acid groups (broad SMARTS) is 1. The van der Waals surface area contributed by atoms with Gasteiger partial charge in [-0.2, -0.15) is 5.10 Å². The zero-order valence-electron chi connectivity index (χ0n) is 26.8. The number of aryl methyl sites for hydroxylation is 1. The van der Waals surface area contributed by atoms with Crippen molar-refractivity contribution in [1.29, 1.82) is 0 Å². The summed E-state index contributed by atoms with van der Waals surface area (Å²) in [6.45, 7) is 10.6. The van der Waals surface area contributed by atoms with Crippen LogP contribution < -0.4 is 0 Å². The molecule has 2 aromatic carbocycles. The lowest BCUT2D eigenvalue weighted by Crippen LogP contribution is -2.37. The van der Waals surface area contributed by atoms with E-state index in [1.807, 2.05) is 12.1 Å². The zero-order valence-corrected chi connectivity index (χ0v) is 26.8. The van der Waals surface area contributed by atoms with Crippen molar-refractivity contribution in [2.24, 2.45) is 23.7 Å². The van der Waals surface area contributed by atoms with Gasteiger partial charge in [-0.15, -0.1) is 0 Å². The first-order chi connectivity index (χ1) is 21.3. The van der Waals surface area contributed by atoms with Gasteiger partial charge in [-0.05, 0) is 117 Å². The fourth-order valence-corrected chi connectivity index (χ4v) is 8.18. The number of hydrogen-bond donors (Lipinski definition) is 1. The van der Waals surface area contributed by atoms with E-state index in [2.05, 4.69) is 60.7 Å². The van der Waals surface area contributed by atoms with Gasteiger partial charge in [0.05, 0.1) is 11.6 Å². The molecule has 1 N–H and O–H groups in total. The largest absolute Gasteiger partial charge is 0.481 e. The summed E-state index contributed by atoms with van der Waals surface area (Å²) in [5.41, 5.74) is 6.23. The van der Waals surface area contributed by atoms with Crippen LogP contribution in [0.2, 0.25) is 0 Å². The number of likely N-dealkylation sites (tertiary alicyclic amines) is 1. The van der Waals surface area contributed by atoms with Crippen LogP contribution in [-0.4, -0.2) is 45.4 Å². The zero-order chi connectivity index (χ0) is 30.8. The summed E-state index contributed by atoms with van der Waals surface area (Å²) in [5, 5.41) is 15.1. The molecule has 2 saturated carbocycles. The number of halogens is 1. The van der Waals surface area contributed by atoms with Crippen molar-refractivity contribution < 1.29 is 14.3 Å². The molecule has 6 rings (SSSR count). The van der Waals surface area contributed by atoms with Gasteiger partial charge in [0, 0.05) is 31.1 Å². The molecule has 1 aliphatic heterocycles. The van der Waals surface area contributed by atoms with Crippen molar-refractivity contribution in [3.05, 3.63) is 88.5 Å². The van der Waals surface area contributed by atoms with Gasteiger partial charge in [0.25, 0.3) is 0 Å². The van der Waals surface area contributed by atoms with E-state index in [1.165, 1.54) is 35.7 Å². The molecule has 5 nitrogen and oxygen atoms in total. The molecule has 3 fully saturated rings. The number of nitrogens with zero attached hydrogens (tertiary/aromatic N) is 3. The fraction of sp³-hybridized carbons (Fsp3) is 0.579. The lowest BCUT2D eigenvalue weighted by atomic mass is 9.85. The average Bonchev–Trinajstić information content (AvgIpc) is 3.61. The van der Waals surface area contributed by atoms with Gasteiger partial charge in [0.1, 0.15) is 5.82 Å². The molecule has 3 aromatic rings. The van der Waals surface area contributed by atoms with Crippen LogP contribution in [0.4, 0.5) is 4.39 Å². The summed E-state index contributed by atoms with van der Waals surface area (Å²) in [6.07, 6.45) is 8.01. The minimum Gasteiger partial charge on any atom is -0.481 e. The Morgan fingerprint density at radius 2 is 1.77 bits per heavy atom. The van der Waals surface area contributed by atoms with Gasteiger partial charge in [-0.25, -0.2) is 4.39 Å². The van der Waals surface area contributed by atoms with Crippen molar-refractivity contribution >= 4 is 5.97 Å². The van der Waals surface area contributed by atoms with Crippen molar-refractivity contribution in [3.63, 3.8) is 0 Å². The van der Waals surface area contributed by atoms with E-state index in [-0.39, 0.29) is 23.6 Å². The van der Waals surface area contributed by atoms with E-state index < -0.39 is 5.97 Å². The number of aromatic nitrogens is 2. The van der Waals surface area contributed by atoms with Crippen molar-refractivity contribution in [1.82, 2.24) is 14.7 Å². The third-order valence-corrected chi connectivity index (χ3v) is 10.9. The number of piperidine rings is 1. The third-order valence-electron chi connectivity index (χ3n) is 10.9. The molecule has 1 aromatic heterocycles. The Morgan fingerprint density at radius 3 is 2.41 bits per heavy atom. The monoisotopic (exact) mass is 599 g/mol. The summed E-state index contributed by atoms with van der Waals surface area (Å²) in [5.74, 6) is 1.26. The van der Waals surface area contributed by atoms with Gasteiger partial charge >= 0.3 is 5.97 Å². The summed E-state index contributed by atoms with van der Waals surface area (Å²) >= 11 is 0. The van der Waals surface area contributed by atoms with Gasteiger partial charge in [-0.3, -0.25) is 9.48 Å². The second-order valence-corrected chi connectivity index (χ2v) is 14.3. The van der Waals surface area contributed by atoms with E-state index in [1.54, 1.807) is 6.07 Å². The standard InChI is InChI=1S/C38H50FN3O2/c1-4-42-37(23-34(40-42)18-26-10-12-28(13-11-26)25(2)3)29-14-16-41(17-15-29)24-32-20-31(36(38(43)44)19-27-8-9-27)22-35(32)30-6-5-7-33(39)21-30/h5-7,10-13,21,23,25,27,29,31-32,35-36H,4,8-9,14-20,22,24H2,1-3H3,(H,43,44)/t31?,32?,35?,36-/m0/s1. The molecule has 2 heterocycles. The summed E-state index contributed by atoms with van der Waals surface area (Å²) < 4.78 is 16.5. The molecular weight excluding hydrogens is 549 g/mol. The average molecular weight is 600 g/mol. The molecule has 236 valence electrons. The molecule has 3 unspecified atom stereocenters. The maximum atomic E-state index is 14.3. The fourth-order valence-electron chi connectivity index (χ4n) is 8.18. The maximum absolute atomic E-state index is 14.3. The number of hydrogen-bond acceptors (Lipinski definition) is 3. The molecule has 0 spiro atoms. The van der Waals surface area contributed by atoms with Gasteiger partial charge in [-0.1, -0.05) is 63.1 Å². The first-order valence-corrected chi connectivity index (χ1v) is 17.1. The van der Waals surface area contributed by atoms with Crippen molar-refractivity contribution in [2.75, 3.05) is 19.6 Å². The predicted octanol–water partition coefficient (Wildman–Crippen LogP) is 8.25. The maximum Gasteiger partial charge on any atom is 0.306 e.